The molecule has 0 N–H and O–H groups in total. The van der Waals surface area contributed by atoms with E-state index in [9.17, 15) is 0 Å². The van der Waals surface area contributed by atoms with Crippen LogP contribution in [-0.2, 0) is 10.8 Å². The summed E-state index contributed by atoms with van der Waals surface area (Å²) in [5, 5.41) is 11.2. The molecule has 12 aromatic rings. The van der Waals surface area contributed by atoms with E-state index in [0.29, 0.717) is 0 Å². The van der Waals surface area contributed by atoms with E-state index in [2.05, 4.69) is 240 Å². The number of para-hydroxylation sites is 1. The van der Waals surface area contributed by atoms with E-state index < -0.39 is 0 Å². The highest BCUT2D eigenvalue weighted by Crippen LogP contribution is 2.55. The van der Waals surface area contributed by atoms with E-state index in [1.54, 1.807) is 0 Å². The lowest BCUT2D eigenvalue weighted by molar-refractivity contribution is 0.660. The van der Waals surface area contributed by atoms with Crippen LogP contribution < -0.4 is 0 Å². The second-order valence-corrected chi connectivity index (χ2v) is 20.3. The van der Waals surface area contributed by atoms with Gasteiger partial charge in [0.2, 0.25) is 0 Å². The molecule has 1 aromatic heterocycles. The minimum absolute atomic E-state index is 0.199. The maximum atomic E-state index is 5.19. The van der Waals surface area contributed by atoms with Gasteiger partial charge in [0.1, 0.15) is 0 Å². The van der Waals surface area contributed by atoms with Crippen molar-refractivity contribution in [3.8, 4) is 66.8 Å². The summed E-state index contributed by atoms with van der Waals surface area (Å²) in [5.41, 5.74) is 21.3. The van der Waals surface area contributed by atoms with Crippen LogP contribution in [0.4, 0.5) is 0 Å². The zero-order valence-corrected chi connectivity index (χ0v) is 38.7. The van der Waals surface area contributed by atoms with Crippen molar-refractivity contribution in [1.29, 1.82) is 0 Å². The molecule has 0 aliphatic heterocycles. The van der Waals surface area contributed by atoms with Crippen molar-refractivity contribution >= 4 is 54.0 Å². The van der Waals surface area contributed by atoms with Crippen molar-refractivity contribution < 1.29 is 0 Å². The van der Waals surface area contributed by atoms with Gasteiger partial charge in [0.05, 0.1) is 5.52 Å². The largest absolute Gasteiger partial charge is 0.256 e. The minimum Gasteiger partial charge on any atom is -0.256 e. The molecular formula is C67H47N. The van der Waals surface area contributed by atoms with Crippen LogP contribution in [0.15, 0.2) is 212 Å². The lowest BCUT2D eigenvalue weighted by Gasteiger charge is -2.24. The lowest BCUT2D eigenvalue weighted by atomic mass is 9.79. The quantitative estimate of drug-likeness (QED) is 0.127. The van der Waals surface area contributed by atoms with Crippen LogP contribution in [0.5, 0.6) is 0 Å². The second kappa shape index (κ2) is 14.2. The maximum Gasteiger partial charge on any atom is 0.0708 e. The minimum atomic E-state index is -0.201. The SMILES string of the molecule is CC1(C)c2cc(-c3ccc4ccccc4c3)ccc2-c2ccc(-c3c4ccccc4c(-c4ccc5c(c4)C(C)(C)c4cc(-c6ccc7ccccc7c6)ccc4-5)c4c3cnc3ccccc34)cc21. The molecule has 1 heteroatoms. The number of aromatic nitrogens is 1. The van der Waals surface area contributed by atoms with Gasteiger partial charge in [-0.3, -0.25) is 4.98 Å². The fourth-order valence-corrected chi connectivity index (χ4v) is 12.3. The molecule has 0 fully saturated rings. The lowest BCUT2D eigenvalue weighted by Crippen LogP contribution is -2.15. The molecule has 0 bridgehead atoms. The van der Waals surface area contributed by atoms with Crippen molar-refractivity contribution in [2.75, 3.05) is 0 Å². The summed E-state index contributed by atoms with van der Waals surface area (Å²) in [5.74, 6) is 0. The molecule has 14 rings (SSSR count). The molecule has 320 valence electrons. The van der Waals surface area contributed by atoms with Crippen molar-refractivity contribution in [2.24, 2.45) is 0 Å². The van der Waals surface area contributed by atoms with Crippen molar-refractivity contribution in [3.63, 3.8) is 0 Å². The summed E-state index contributed by atoms with van der Waals surface area (Å²) >= 11 is 0. The highest BCUT2D eigenvalue weighted by molar-refractivity contribution is 6.27. The monoisotopic (exact) mass is 865 g/mol. The van der Waals surface area contributed by atoms with Crippen molar-refractivity contribution in [1.82, 2.24) is 4.98 Å². The van der Waals surface area contributed by atoms with Gasteiger partial charge in [0.25, 0.3) is 0 Å². The third kappa shape index (κ3) is 5.60. The molecule has 0 atom stereocenters. The van der Waals surface area contributed by atoms with Crippen LogP contribution >= 0.6 is 0 Å². The fraction of sp³-hybridized carbons (Fsp3) is 0.0896. The maximum absolute atomic E-state index is 5.19. The van der Waals surface area contributed by atoms with Gasteiger partial charge < -0.3 is 0 Å². The Bertz CT molecular complexity index is 4150. The first-order chi connectivity index (χ1) is 33.2. The van der Waals surface area contributed by atoms with Gasteiger partial charge in [-0.2, -0.15) is 0 Å². The summed E-state index contributed by atoms with van der Waals surface area (Å²) in [6.45, 7) is 9.61. The van der Waals surface area contributed by atoms with E-state index in [-0.39, 0.29) is 10.8 Å². The number of nitrogens with zero attached hydrogens (tertiary/aromatic N) is 1. The van der Waals surface area contributed by atoms with Crippen LogP contribution in [0, 0.1) is 0 Å². The van der Waals surface area contributed by atoms with Crippen LogP contribution in [0.2, 0.25) is 0 Å². The molecule has 2 aliphatic rings. The van der Waals surface area contributed by atoms with E-state index >= 15 is 0 Å². The summed E-state index contributed by atoms with van der Waals surface area (Å²) in [7, 11) is 0. The number of rotatable bonds is 4. The molecule has 0 spiro atoms. The van der Waals surface area contributed by atoms with Crippen LogP contribution in [0.25, 0.3) is 121 Å². The highest BCUT2D eigenvalue weighted by Gasteiger charge is 2.38. The third-order valence-electron chi connectivity index (χ3n) is 15.9. The summed E-state index contributed by atoms with van der Waals surface area (Å²) in [4.78, 5) is 5.19. The number of hydrogen-bond donors (Lipinski definition) is 0. The molecule has 1 heterocycles. The van der Waals surface area contributed by atoms with E-state index in [1.807, 2.05) is 0 Å². The van der Waals surface area contributed by atoms with Crippen molar-refractivity contribution in [2.45, 2.75) is 38.5 Å². The zero-order chi connectivity index (χ0) is 45.5. The van der Waals surface area contributed by atoms with E-state index in [4.69, 9.17) is 4.98 Å². The Morgan fingerprint density at radius 3 is 1.18 bits per heavy atom. The average molecular weight is 866 g/mol. The average Bonchev–Trinajstić information content (AvgIpc) is 3.75. The van der Waals surface area contributed by atoms with Crippen molar-refractivity contribution in [3.05, 3.63) is 235 Å². The number of hydrogen-bond acceptors (Lipinski definition) is 1. The van der Waals surface area contributed by atoms with Crippen LogP contribution in [0.1, 0.15) is 49.9 Å². The Labute approximate surface area is 397 Å². The first-order valence-electron chi connectivity index (χ1n) is 24.0. The summed E-state index contributed by atoms with van der Waals surface area (Å²) < 4.78 is 0. The Morgan fingerprint density at radius 1 is 0.294 bits per heavy atom. The zero-order valence-electron chi connectivity index (χ0n) is 38.7. The molecule has 0 saturated carbocycles. The van der Waals surface area contributed by atoms with Gasteiger partial charge in [-0.25, -0.2) is 0 Å². The van der Waals surface area contributed by atoms with Gasteiger partial charge in [-0.05, 0) is 164 Å². The fourth-order valence-electron chi connectivity index (χ4n) is 12.3. The summed E-state index contributed by atoms with van der Waals surface area (Å²) in [6, 6.07) is 77.4. The van der Waals surface area contributed by atoms with E-state index in [1.165, 1.54) is 137 Å². The van der Waals surface area contributed by atoms with Gasteiger partial charge >= 0.3 is 0 Å². The first kappa shape index (κ1) is 39.1. The molecule has 0 unspecified atom stereocenters. The highest BCUT2D eigenvalue weighted by atomic mass is 14.7. The smallest absolute Gasteiger partial charge is 0.0708 e. The molecule has 2 aliphatic carbocycles. The molecule has 0 amide bonds. The predicted octanol–water partition coefficient (Wildman–Crippen LogP) is 18.1. The Morgan fingerprint density at radius 2 is 0.662 bits per heavy atom. The van der Waals surface area contributed by atoms with Gasteiger partial charge in [0.15, 0.2) is 0 Å². The molecule has 1 nitrogen and oxygen atoms in total. The number of fused-ring (bicyclic) bond motifs is 12. The number of benzene rings is 11. The molecule has 68 heavy (non-hydrogen) atoms. The van der Waals surface area contributed by atoms with Gasteiger partial charge in [-0.15, -0.1) is 0 Å². The first-order valence-corrected chi connectivity index (χ1v) is 24.0. The molecule has 11 aromatic carbocycles. The topological polar surface area (TPSA) is 12.9 Å². The van der Waals surface area contributed by atoms with Gasteiger partial charge in [0, 0.05) is 33.2 Å². The predicted molar refractivity (Wildman–Crippen MR) is 289 cm³/mol. The summed E-state index contributed by atoms with van der Waals surface area (Å²) in [6.07, 6.45) is 2.15. The second-order valence-electron chi connectivity index (χ2n) is 20.3. The Hall–Kier alpha value is -8.13. The molecular weight excluding hydrogens is 819 g/mol. The van der Waals surface area contributed by atoms with Gasteiger partial charge in [-0.1, -0.05) is 191 Å². The number of pyridine rings is 1. The standard InChI is InChI=1S/C67H47N/c1-66(2)58-35-46(44-23-21-40-13-5-7-15-42(40)33-44)25-29-50(58)52-31-27-48(37-60(52)66)63-54-17-9-10-18-55(54)64(65-56-19-11-12-20-62(56)68-39-57(63)65)49-28-32-53-51-30-26-47(36-59(51)67(3,4)61(53)38-49)45-24-22-41-14-6-8-16-43(41)34-45/h5-39H,1-4H3. The molecule has 0 radical (unpaired) electrons. The third-order valence-corrected chi connectivity index (χ3v) is 15.9. The normalized spacial score (nSPS) is 14.1. The Balaban J connectivity index is 0.923. The Kier molecular flexibility index (Phi) is 8.15. The van der Waals surface area contributed by atoms with Crippen LogP contribution in [-0.4, -0.2) is 4.98 Å². The van der Waals surface area contributed by atoms with E-state index in [0.717, 1.165) is 5.52 Å². The van der Waals surface area contributed by atoms with Crippen LogP contribution in [0.3, 0.4) is 0 Å². The molecule has 0 saturated heterocycles.